The minimum Gasteiger partial charge on any atom is -0.491 e. The first-order valence-corrected chi connectivity index (χ1v) is 7.33. The molecule has 104 valence electrons. The topological polar surface area (TPSA) is 21.3 Å². The molecule has 0 aromatic heterocycles. The molecule has 0 aliphatic carbocycles. The van der Waals surface area contributed by atoms with E-state index in [1.165, 1.54) is 5.56 Å². The van der Waals surface area contributed by atoms with Crippen LogP contribution in [0.1, 0.15) is 30.1 Å². The van der Waals surface area contributed by atoms with Gasteiger partial charge in [-0.25, -0.2) is 0 Å². The largest absolute Gasteiger partial charge is 0.491 e. The molecule has 20 heavy (non-hydrogen) atoms. The molecule has 2 unspecified atom stereocenters. The quantitative estimate of drug-likeness (QED) is 0.881. The highest BCUT2D eigenvalue weighted by Gasteiger charge is 2.25. The molecule has 0 radical (unpaired) electrons. The van der Waals surface area contributed by atoms with Crippen LogP contribution in [0.25, 0.3) is 0 Å². The molecule has 0 bridgehead atoms. The van der Waals surface area contributed by atoms with Crippen LogP contribution in [0.4, 0.5) is 0 Å². The molecule has 2 atom stereocenters. The molecular formula is C16H15Cl2NO. The lowest BCUT2D eigenvalue weighted by atomic mass is 10.0. The molecule has 2 aromatic rings. The molecule has 1 aliphatic rings. The number of para-hydroxylation sites is 1. The summed E-state index contributed by atoms with van der Waals surface area (Å²) in [5.74, 6) is 0.958. The summed E-state index contributed by atoms with van der Waals surface area (Å²) in [5, 5.41) is 4.90. The lowest BCUT2D eigenvalue weighted by Gasteiger charge is -2.20. The summed E-state index contributed by atoms with van der Waals surface area (Å²) in [7, 11) is 0. The summed E-state index contributed by atoms with van der Waals surface area (Å²) in [6.07, 6.45) is 0. The maximum absolute atomic E-state index is 6.25. The Morgan fingerprint density at radius 1 is 1.20 bits per heavy atom. The van der Waals surface area contributed by atoms with Crippen LogP contribution in [-0.2, 0) is 0 Å². The SMILES string of the molecule is CC(NC1COc2ccccc21)c1ccc(Cl)cc1Cl. The fraction of sp³-hybridized carbons (Fsp3) is 0.250. The van der Waals surface area contributed by atoms with E-state index in [9.17, 15) is 0 Å². The van der Waals surface area contributed by atoms with E-state index >= 15 is 0 Å². The molecule has 0 saturated heterocycles. The number of rotatable bonds is 3. The van der Waals surface area contributed by atoms with Crippen molar-refractivity contribution < 1.29 is 4.74 Å². The second-order valence-electron chi connectivity index (χ2n) is 4.96. The lowest BCUT2D eigenvalue weighted by molar-refractivity contribution is 0.301. The van der Waals surface area contributed by atoms with E-state index in [1.807, 2.05) is 30.3 Å². The predicted molar refractivity (Wildman–Crippen MR) is 82.7 cm³/mol. The van der Waals surface area contributed by atoms with Gasteiger partial charge in [-0.05, 0) is 30.7 Å². The van der Waals surface area contributed by atoms with Crippen LogP contribution < -0.4 is 10.1 Å². The minimum absolute atomic E-state index is 0.125. The van der Waals surface area contributed by atoms with Gasteiger partial charge in [-0.2, -0.15) is 0 Å². The number of hydrogen-bond donors (Lipinski definition) is 1. The van der Waals surface area contributed by atoms with Gasteiger partial charge >= 0.3 is 0 Å². The summed E-state index contributed by atoms with van der Waals surface area (Å²) in [5.41, 5.74) is 2.24. The number of halogens is 2. The molecule has 1 N–H and O–H groups in total. The summed E-state index contributed by atoms with van der Waals surface area (Å²) < 4.78 is 5.68. The zero-order valence-corrected chi connectivity index (χ0v) is 12.6. The Kier molecular flexibility index (Phi) is 3.88. The van der Waals surface area contributed by atoms with Gasteiger partial charge in [0.05, 0.1) is 6.04 Å². The highest BCUT2D eigenvalue weighted by Crippen LogP contribution is 2.34. The van der Waals surface area contributed by atoms with Crippen molar-refractivity contribution in [3.8, 4) is 5.75 Å². The average Bonchev–Trinajstić information content (AvgIpc) is 2.82. The first-order valence-electron chi connectivity index (χ1n) is 6.58. The highest BCUT2D eigenvalue weighted by molar-refractivity contribution is 6.35. The van der Waals surface area contributed by atoms with Gasteiger partial charge < -0.3 is 10.1 Å². The number of hydrogen-bond acceptors (Lipinski definition) is 2. The Labute approximate surface area is 128 Å². The van der Waals surface area contributed by atoms with Crippen LogP contribution in [0.15, 0.2) is 42.5 Å². The molecule has 0 spiro atoms. The van der Waals surface area contributed by atoms with Crippen LogP contribution in [0, 0.1) is 0 Å². The zero-order valence-electron chi connectivity index (χ0n) is 11.1. The van der Waals surface area contributed by atoms with Crippen molar-refractivity contribution in [1.29, 1.82) is 0 Å². The summed E-state index contributed by atoms with van der Waals surface area (Å²) in [4.78, 5) is 0. The average molecular weight is 308 g/mol. The van der Waals surface area contributed by atoms with E-state index in [2.05, 4.69) is 18.3 Å². The van der Waals surface area contributed by atoms with E-state index in [-0.39, 0.29) is 12.1 Å². The Bertz CT molecular complexity index is 630. The minimum atomic E-state index is 0.125. The highest BCUT2D eigenvalue weighted by atomic mass is 35.5. The molecule has 2 nitrogen and oxygen atoms in total. The first kappa shape index (κ1) is 13.7. The van der Waals surface area contributed by atoms with Crippen molar-refractivity contribution in [3.05, 3.63) is 63.6 Å². The molecule has 1 aliphatic heterocycles. The van der Waals surface area contributed by atoms with Crippen LogP contribution in [-0.4, -0.2) is 6.61 Å². The Morgan fingerprint density at radius 2 is 2.00 bits per heavy atom. The standard InChI is InChI=1S/C16H15Cl2NO/c1-10(12-7-6-11(17)8-14(12)18)19-15-9-20-16-5-3-2-4-13(15)16/h2-8,10,15,19H,9H2,1H3. The smallest absolute Gasteiger partial charge is 0.124 e. The van der Waals surface area contributed by atoms with Crippen molar-refractivity contribution >= 4 is 23.2 Å². The van der Waals surface area contributed by atoms with Crippen molar-refractivity contribution in [1.82, 2.24) is 5.32 Å². The van der Waals surface area contributed by atoms with Crippen molar-refractivity contribution in [2.45, 2.75) is 19.0 Å². The Balaban J connectivity index is 1.79. The Morgan fingerprint density at radius 3 is 2.80 bits per heavy atom. The Hall–Kier alpha value is -1.22. The number of fused-ring (bicyclic) bond motifs is 1. The van der Waals surface area contributed by atoms with Gasteiger partial charge in [0.1, 0.15) is 12.4 Å². The molecule has 0 saturated carbocycles. The van der Waals surface area contributed by atoms with Crippen LogP contribution in [0.3, 0.4) is 0 Å². The van der Waals surface area contributed by atoms with Gasteiger partial charge in [-0.3, -0.25) is 0 Å². The summed E-state index contributed by atoms with van der Waals surface area (Å²) >= 11 is 12.2. The third-order valence-corrected chi connectivity index (χ3v) is 4.14. The van der Waals surface area contributed by atoms with E-state index in [1.54, 1.807) is 6.07 Å². The van der Waals surface area contributed by atoms with Gasteiger partial charge in [-0.1, -0.05) is 47.5 Å². The number of nitrogens with one attached hydrogen (secondary N) is 1. The predicted octanol–water partition coefficient (Wildman–Crippen LogP) is 4.78. The van der Waals surface area contributed by atoms with Crippen molar-refractivity contribution in [3.63, 3.8) is 0 Å². The maximum atomic E-state index is 6.25. The van der Waals surface area contributed by atoms with Gasteiger partial charge in [0.25, 0.3) is 0 Å². The monoisotopic (exact) mass is 307 g/mol. The third kappa shape index (κ3) is 2.64. The zero-order chi connectivity index (χ0) is 14.1. The summed E-state index contributed by atoms with van der Waals surface area (Å²) in [6.45, 7) is 2.74. The number of ether oxygens (including phenoxy) is 1. The van der Waals surface area contributed by atoms with Crippen LogP contribution >= 0.6 is 23.2 Å². The van der Waals surface area contributed by atoms with Crippen LogP contribution in [0.2, 0.25) is 10.0 Å². The second kappa shape index (κ2) is 5.65. The van der Waals surface area contributed by atoms with Crippen molar-refractivity contribution in [2.75, 3.05) is 6.61 Å². The first-order chi connectivity index (χ1) is 9.65. The van der Waals surface area contributed by atoms with Crippen LogP contribution in [0.5, 0.6) is 5.75 Å². The molecule has 3 rings (SSSR count). The van der Waals surface area contributed by atoms with E-state index < -0.39 is 0 Å². The fourth-order valence-corrected chi connectivity index (χ4v) is 3.12. The molecule has 2 aromatic carbocycles. The van der Waals surface area contributed by atoms with E-state index in [0.29, 0.717) is 16.7 Å². The van der Waals surface area contributed by atoms with Gasteiger partial charge in [0.2, 0.25) is 0 Å². The van der Waals surface area contributed by atoms with Gasteiger partial charge in [0, 0.05) is 21.7 Å². The molecule has 1 heterocycles. The molecule has 4 heteroatoms. The van der Waals surface area contributed by atoms with Gasteiger partial charge in [-0.15, -0.1) is 0 Å². The second-order valence-corrected chi connectivity index (χ2v) is 5.80. The number of benzene rings is 2. The maximum Gasteiger partial charge on any atom is 0.124 e. The lowest BCUT2D eigenvalue weighted by Crippen LogP contribution is -2.25. The molecular weight excluding hydrogens is 293 g/mol. The van der Waals surface area contributed by atoms with Gasteiger partial charge in [0.15, 0.2) is 0 Å². The van der Waals surface area contributed by atoms with E-state index in [4.69, 9.17) is 27.9 Å². The molecule has 0 amide bonds. The normalized spacial score (nSPS) is 18.4. The van der Waals surface area contributed by atoms with Crippen molar-refractivity contribution in [2.24, 2.45) is 0 Å². The third-order valence-electron chi connectivity index (χ3n) is 3.58. The molecule has 0 fully saturated rings. The fourth-order valence-electron chi connectivity index (χ4n) is 2.54. The van der Waals surface area contributed by atoms with E-state index in [0.717, 1.165) is 11.3 Å². The summed E-state index contributed by atoms with van der Waals surface area (Å²) in [6, 6.07) is 14.0.